The summed E-state index contributed by atoms with van der Waals surface area (Å²) in [6.45, 7) is 2.18. The fraction of sp³-hybridized carbons (Fsp3) is 0.294. The van der Waals surface area contributed by atoms with Gasteiger partial charge in [0.25, 0.3) is 0 Å². The molecule has 21 heavy (non-hydrogen) atoms. The second-order valence-corrected chi connectivity index (χ2v) is 5.34. The lowest BCUT2D eigenvalue weighted by molar-refractivity contribution is 0.765. The van der Waals surface area contributed by atoms with Crippen LogP contribution in [0.25, 0.3) is 11.0 Å². The number of imidazole rings is 1. The highest BCUT2D eigenvalue weighted by atomic mass is 15.0. The van der Waals surface area contributed by atoms with Crippen molar-refractivity contribution in [2.45, 2.75) is 32.6 Å². The van der Waals surface area contributed by atoms with Gasteiger partial charge in [0.15, 0.2) is 0 Å². The zero-order valence-corrected chi connectivity index (χ0v) is 12.3. The number of aromatic nitrogens is 3. The first-order valence-electron chi connectivity index (χ1n) is 7.43. The summed E-state index contributed by atoms with van der Waals surface area (Å²) in [6, 6.07) is 10.4. The third-order valence-electron chi connectivity index (χ3n) is 3.68. The second kappa shape index (κ2) is 5.95. The van der Waals surface area contributed by atoms with Crippen molar-refractivity contribution >= 4 is 16.9 Å². The third-order valence-corrected chi connectivity index (χ3v) is 3.68. The quantitative estimate of drug-likeness (QED) is 0.752. The van der Waals surface area contributed by atoms with Gasteiger partial charge < -0.3 is 10.7 Å². The molecule has 2 aromatic heterocycles. The van der Waals surface area contributed by atoms with Crippen LogP contribution in [-0.2, 0) is 12.8 Å². The Morgan fingerprint density at radius 3 is 2.76 bits per heavy atom. The van der Waals surface area contributed by atoms with E-state index in [-0.39, 0.29) is 0 Å². The van der Waals surface area contributed by atoms with Crippen molar-refractivity contribution in [1.29, 1.82) is 0 Å². The van der Waals surface area contributed by atoms with Crippen LogP contribution in [0.2, 0.25) is 0 Å². The van der Waals surface area contributed by atoms with Crippen LogP contribution in [0.4, 0.5) is 5.82 Å². The summed E-state index contributed by atoms with van der Waals surface area (Å²) < 4.78 is 0. The zero-order valence-electron chi connectivity index (χ0n) is 12.3. The smallest absolute Gasteiger partial charge is 0.149 e. The Morgan fingerprint density at radius 1 is 1.19 bits per heavy atom. The van der Waals surface area contributed by atoms with Crippen molar-refractivity contribution in [3.05, 3.63) is 53.5 Å². The SMILES string of the molecule is CCCCc1nc2c(Cc3ccccc3)cnc(N)c2[nH]1. The van der Waals surface area contributed by atoms with E-state index in [4.69, 9.17) is 10.7 Å². The number of H-pyrrole nitrogens is 1. The van der Waals surface area contributed by atoms with Crippen LogP contribution in [0.1, 0.15) is 36.7 Å². The normalized spacial score (nSPS) is 11.1. The molecule has 0 saturated carbocycles. The first kappa shape index (κ1) is 13.6. The lowest BCUT2D eigenvalue weighted by atomic mass is 10.1. The molecule has 0 fully saturated rings. The number of pyridine rings is 1. The summed E-state index contributed by atoms with van der Waals surface area (Å²) in [4.78, 5) is 12.4. The molecule has 0 aliphatic heterocycles. The van der Waals surface area contributed by atoms with Crippen molar-refractivity contribution in [3.8, 4) is 0 Å². The molecule has 0 radical (unpaired) electrons. The number of nitrogens with one attached hydrogen (secondary N) is 1. The van der Waals surface area contributed by atoms with Crippen LogP contribution in [0.15, 0.2) is 36.5 Å². The number of nitrogens with two attached hydrogens (primary N) is 1. The Kier molecular flexibility index (Phi) is 3.86. The number of unbranched alkanes of at least 4 members (excludes halogenated alkanes) is 1. The number of anilines is 1. The number of fused-ring (bicyclic) bond motifs is 1. The molecule has 1 aromatic carbocycles. The molecule has 0 bridgehead atoms. The van der Waals surface area contributed by atoms with E-state index in [1.165, 1.54) is 5.56 Å². The summed E-state index contributed by atoms with van der Waals surface area (Å²) in [6.07, 6.45) is 5.90. The molecular weight excluding hydrogens is 260 g/mol. The number of rotatable bonds is 5. The van der Waals surface area contributed by atoms with Crippen molar-refractivity contribution in [2.75, 3.05) is 5.73 Å². The predicted molar refractivity (Wildman–Crippen MR) is 86.2 cm³/mol. The standard InChI is InChI=1S/C17H20N4/c1-2-3-9-14-20-15-13(10-12-7-5-4-6-8-12)11-19-17(18)16(15)21-14/h4-8,11H,2-3,9-10H2,1H3,(H2,18,19)(H,20,21). The summed E-state index contributed by atoms with van der Waals surface area (Å²) in [5.74, 6) is 1.53. The highest BCUT2D eigenvalue weighted by molar-refractivity contribution is 5.87. The lowest BCUT2D eigenvalue weighted by Crippen LogP contribution is -1.96. The van der Waals surface area contributed by atoms with Gasteiger partial charge in [0.2, 0.25) is 0 Å². The average molecular weight is 280 g/mol. The summed E-state index contributed by atoms with van der Waals surface area (Å²) in [7, 11) is 0. The first-order chi connectivity index (χ1) is 10.3. The Hall–Kier alpha value is -2.36. The third kappa shape index (κ3) is 2.89. The molecule has 3 N–H and O–H groups in total. The molecule has 0 aliphatic rings. The van der Waals surface area contributed by atoms with Crippen molar-refractivity contribution < 1.29 is 0 Å². The van der Waals surface area contributed by atoms with Crippen LogP contribution in [-0.4, -0.2) is 15.0 Å². The van der Waals surface area contributed by atoms with Crippen LogP contribution in [0, 0.1) is 0 Å². The average Bonchev–Trinajstić information content (AvgIpc) is 2.94. The maximum Gasteiger partial charge on any atom is 0.149 e. The first-order valence-corrected chi connectivity index (χ1v) is 7.43. The van der Waals surface area contributed by atoms with Crippen molar-refractivity contribution in [1.82, 2.24) is 15.0 Å². The maximum absolute atomic E-state index is 5.98. The van der Waals surface area contributed by atoms with Crippen LogP contribution in [0.3, 0.4) is 0 Å². The van der Waals surface area contributed by atoms with E-state index in [9.17, 15) is 0 Å². The number of aryl methyl sites for hydroxylation is 1. The molecule has 0 amide bonds. The van der Waals surface area contributed by atoms with E-state index in [0.717, 1.165) is 48.1 Å². The number of hydrogen-bond acceptors (Lipinski definition) is 3. The Labute approximate surface area is 124 Å². The molecule has 0 spiro atoms. The van der Waals surface area contributed by atoms with Gasteiger partial charge in [-0.05, 0) is 12.0 Å². The maximum atomic E-state index is 5.98. The summed E-state index contributed by atoms with van der Waals surface area (Å²) in [5, 5.41) is 0. The zero-order chi connectivity index (χ0) is 14.7. The second-order valence-electron chi connectivity index (χ2n) is 5.34. The van der Waals surface area contributed by atoms with E-state index in [1.807, 2.05) is 12.3 Å². The highest BCUT2D eigenvalue weighted by Crippen LogP contribution is 2.23. The lowest BCUT2D eigenvalue weighted by Gasteiger charge is -2.03. The van der Waals surface area contributed by atoms with Gasteiger partial charge in [-0.3, -0.25) is 0 Å². The van der Waals surface area contributed by atoms with Crippen molar-refractivity contribution in [3.63, 3.8) is 0 Å². The molecular formula is C17H20N4. The Morgan fingerprint density at radius 2 is 2.00 bits per heavy atom. The molecule has 108 valence electrons. The van der Waals surface area contributed by atoms with Crippen LogP contribution in [0.5, 0.6) is 0 Å². The number of nitrogens with zero attached hydrogens (tertiary/aromatic N) is 2. The van der Waals surface area contributed by atoms with Gasteiger partial charge in [0.05, 0.1) is 5.52 Å². The molecule has 3 rings (SSSR count). The van der Waals surface area contributed by atoms with Crippen LogP contribution < -0.4 is 5.73 Å². The largest absolute Gasteiger partial charge is 0.382 e. The number of hydrogen-bond donors (Lipinski definition) is 2. The van der Waals surface area contributed by atoms with E-state index in [1.54, 1.807) is 0 Å². The molecule has 4 heteroatoms. The highest BCUT2D eigenvalue weighted by Gasteiger charge is 2.11. The monoisotopic (exact) mass is 280 g/mol. The van der Waals surface area contributed by atoms with E-state index in [0.29, 0.717) is 5.82 Å². The van der Waals surface area contributed by atoms with E-state index in [2.05, 4.69) is 41.2 Å². The molecule has 3 aromatic rings. The fourth-order valence-corrected chi connectivity index (χ4v) is 2.52. The fourth-order valence-electron chi connectivity index (χ4n) is 2.52. The van der Waals surface area contributed by atoms with Crippen LogP contribution >= 0.6 is 0 Å². The summed E-state index contributed by atoms with van der Waals surface area (Å²) in [5.41, 5.74) is 10.2. The minimum absolute atomic E-state index is 0.525. The predicted octanol–water partition coefficient (Wildman–Crippen LogP) is 3.47. The van der Waals surface area contributed by atoms with Gasteiger partial charge in [0, 0.05) is 24.6 Å². The van der Waals surface area contributed by atoms with Gasteiger partial charge in [-0.15, -0.1) is 0 Å². The van der Waals surface area contributed by atoms with Gasteiger partial charge in [-0.1, -0.05) is 43.7 Å². The van der Waals surface area contributed by atoms with Gasteiger partial charge >= 0.3 is 0 Å². The molecule has 2 heterocycles. The number of benzene rings is 1. The van der Waals surface area contributed by atoms with Crippen molar-refractivity contribution in [2.24, 2.45) is 0 Å². The number of aromatic amines is 1. The topological polar surface area (TPSA) is 67.6 Å². The molecule has 0 unspecified atom stereocenters. The molecule has 4 nitrogen and oxygen atoms in total. The Balaban J connectivity index is 1.98. The van der Waals surface area contributed by atoms with Gasteiger partial charge in [-0.25, -0.2) is 9.97 Å². The minimum Gasteiger partial charge on any atom is -0.382 e. The molecule has 0 aliphatic carbocycles. The number of nitrogen functional groups attached to an aromatic ring is 1. The molecule has 0 saturated heterocycles. The molecule has 0 atom stereocenters. The van der Waals surface area contributed by atoms with E-state index < -0.39 is 0 Å². The summed E-state index contributed by atoms with van der Waals surface area (Å²) >= 11 is 0. The Bertz CT molecular complexity index is 731. The van der Waals surface area contributed by atoms with E-state index >= 15 is 0 Å². The van der Waals surface area contributed by atoms with Gasteiger partial charge in [0.1, 0.15) is 17.2 Å². The minimum atomic E-state index is 0.525. The van der Waals surface area contributed by atoms with Gasteiger partial charge in [-0.2, -0.15) is 0 Å².